The predicted molar refractivity (Wildman–Crippen MR) is 181 cm³/mol. The van der Waals surface area contributed by atoms with Crippen molar-refractivity contribution in [2.75, 3.05) is 102 Å². The van der Waals surface area contributed by atoms with Crippen molar-refractivity contribution < 1.29 is 63.1 Å². The summed E-state index contributed by atoms with van der Waals surface area (Å²) < 4.78 is 21.0. The van der Waals surface area contributed by atoms with Gasteiger partial charge in [-0.25, -0.2) is 9.51 Å². The highest BCUT2D eigenvalue weighted by atomic mass is 31.2. The van der Waals surface area contributed by atoms with Crippen molar-refractivity contribution in [3.8, 4) is 0 Å². The third-order valence-electron chi connectivity index (χ3n) is 7.84. The standard InChI is InChI=1S/C27H42N8O15P2/c36-20(37)14-32-7-5-31(6-8-33(15-21(38)39)10-12-34(11-9-32)16-22(40)41)4-3-29-24-23(25(42)26(24)43)28-2-1-19-13-35(18-30-19)17-27(44,49-51(45)46)50-52(47)48/h13,18,44-46H,1-12,14-17H2,(H5-,28,29,36,37,38,39,40,41,42,43,47,48)/p+1. The second-order valence-electron chi connectivity index (χ2n) is 11.8. The number of aliphatic carboxylic acids is 3. The molecule has 1 fully saturated rings. The van der Waals surface area contributed by atoms with Gasteiger partial charge in [0, 0.05) is 89.2 Å². The largest absolute Gasteiger partial charge is 0.700 e. The minimum absolute atomic E-state index is 0.0616. The summed E-state index contributed by atoms with van der Waals surface area (Å²) in [5, 5.41) is 44.2. The maximum absolute atomic E-state index is 12.4. The molecule has 2 heterocycles. The summed E-state index contributed by atoms with van der Waals surface area (Å²) in [7, 11) is -6.53. The van der Waals surface area contributed by atoms with E-state index in [1.165, 1.54) is 17.1 Å². The van der Waals surface area contributed by atoms with Gasteiger partial charge in [-0.3, -0.25) is 43.6 Å². The van der Waals surface area contributed by atoms with E-state index in [1.54, 1.807) is 14.7 Å². The lowest BCUT2D eigenvalue weighted by atomic mass is 10.2. The highest BCUT2D eigenvalue weighted by Crippen LogP contribution is 2.37. The van der Waals surface area contributed by atoms with Crippen molar-refractivity contribution in [2.45, 2.75) is 18.9 Å². The summed E-state index contributed by atoms with van der Waals surface area (Å²) >= 11 is 0. The molecule has 0 saturated carbocycles. The van der Waals surface area contributed by atoms with E-state index in [2.05, 4.69) is 24.7 Å². The number of carboxylic acid groups (broad SMARTS) is 3. The van der Waals surface area contributed by atoms with Crippen molar-refractivity contribution in [1.82, 2.24) is 29.2 Å². The summed E-state index contributed by atoms with van der Waals surface area (Å²) in [5.74, 6) is -5.98. The summed E-state index contributed by atoms with van der Waals surface area (Å²) in [6.45, 7) is 1.74. The van der Waals surface area contributed by atoms with Crippen molar-refractivity contribution >= 4 is 46.1 Å². The van der Waals surface area contributed by atoms with Gasteiger partial charge in [0.05, 0.1) is 31.7 Å². The van der Waals surface area contributed by atoms with Gasteiger partial charge in [0.25, 0.3) is 10.9 Å². The van der Waals surface area contributed by atoms with Crippen LogP contribution in [0.2, 0.25) is 0 Å². The molecule has 1 aromatic heterocycles. The first-order valence-corrected chi connectivity index (χ1v) is 18.1. The fourth-order valence-electron chi connectivity index (χ4n) is 5.41. The lowest BCUT2D eigenvalue weighted by Gasteiger charge is -2.33. The fraction of sp³-hybridized carbons (Fsp3) is 0.630. The first-order chi connectivity index (χ1) is 24.5. The Morgan fingerprint density at radius 3 is 1.67 bits per heavy atom. The van der Waals surface area contributed by atoms with Crippen molar-refractivity contribution in [3.63, 3.8) is 0 Å². The number of aromatic nitrogens is 2. The number of carbonyl (C=O) groups is 3. The van der Waals surface area contributed by atoms with E-state index in [0.717, 1.165) is 0 Å². The molecule has 0 spiro atoms. The summed E-state index contributed by atoms with van der Waals surface area (Å²) in [6, 6.07) is 0. The number of aliphatic hydroxyl groups is 1. The van der Waals surface area contributed by atoms with Gasteiger partial charge in [-0.05, 0) is 4.52 Å². The fourth-order valence-corrected chi connectivity index (χ4v) is 6.16. The zero-order valence-electron chi connectivity index (χ0n) is 27.9. The molecule has 25 heteroatoms. The van der Waals surface area contributed by atoms with E-state index >= 15 is 0 Å². The van der Waals surface area contributed by atoms with Crippen LogP contribution in [0.4, 0.5) is 11.4 Å². The number of imidazole rings is 1. The van der Waals surface area contributed by atoms with Gasteiger partial charge in [-0.2, -0.15) is 0 Å². The summed E-state index contributed by atoms with van der Waals surface area (Å²) in [6.07, 6.45) is 2.83. The van der Waals surface area contributed by atoms with Crippen LogP contribution in [0.3, 0.4) is 0 Å². The SMILES string of the molecule is O=C(O)CN1CCN(CCNc2c(NCCc3cn(CC(O)(OP(O)O)O[P+](=O)O)cn3)c(=O)c2=O)CCN(CC(=O)O)CCN(CC(=O)O)CC1. The van der Waals surface area contributed by atoms with Crippen molar-refractivity contribution in [2.24, 2.45) is 0 Å². The quantitative estimate of drug-likeness (QED) is 0.0358. The predicted octanol–water partition coefficient (Wildman–Crippen LogP) is -3.44. The van der Waals surface area contributed by atoms with Gasteiger partial charge in [0.2, 0.25) is 0 Å². The number of anilines is 2. The second-order valence-corrected chi connectivity index (χ2v) is 13.1. The highest BCUT2D eigenvalue weighted by molar-refractivity contribution is 7.39. The molecule has 1 aliphatic heterocycles. The lowest BCUT2D eigenvalue weighted by Crippen LogP contribution is -2.49. The average Bonchev–Trinajstić information content (AvgIpc) is 3.47. The molecule has 1 aromatic carbocycles. The van der Waals surface area contributed by atoms with Crippen LogP contribution < -0.4 is 21.5 Å². The maximum atomic E-state index is 12.4. The van der Waals surface area contributed by atoms with Crippen LogP contribution in [0.25, 0.3) is 0 Å². The molecule has 2 aromatic rings. The zero-order chi connectivity index (χ0) is 38.4. The van der Waals surface area contributed by atoms with E-state index in [1.807, 2.05) is 4.90 Å². The van der Waals surface area contributed by atoms with Crippen molar-refractivity contribution in [3.05, 3.63) is 38.7 Å². The van der Waals surface area contributed by atoms with Crippen LogP contribution >= 0.6 is 16.9 Å². The molecule has 2 atom stereocenters. The first kappa shape index (κ1) is 42.8. The Morgan fingerprint density at radius 2 is 1.25 bits per heavy atom. The van der Waals surface area contributed by atoms with Crippen LogP contribution in [0.5, 0.6) is 0 Å². The molecule has 3 rings (SSSR count). The monoisotopic (exact) mass is 781 g/mol. The third-order valence-corrected chi connectivity index (χ3v) is 8.73. The molecule has 290 valence electrons. The van der Waals surface area contributed by atoms with Gasteiger partial charge in [-0.15, -0.1) is 4.89 Å². The lowest BCUT2D eigenvalue weighted by molar-refractivity contribution is -0.283. The topological polar surface area (TPSA) is 317 Å². The first-order valence-electron chi connectivity index (χ1n) is 15.8. The Morgan fingerprint density at radius 1 is 0.808 bits per heavy atom. The van der Waals surface area contributed by atoms with Crippen molar-refractivity contribution in [1.29, 1.82) is 0 Å². The maximum Gasteiger partial charge on any atom is 0.700 e. The number of nitrogens with one attached hydrogen (secondary N) is 2. The molecule has 0 aliphatic carbocycles. The van der Waals surface area contributed by atoms with Gasteiger partial charge >= 0.3 is 40.7 Å². The molecule has 52 heavy (non-hydrogen) atoms. The van der Waals surface area contributed by atoms with Gasteiger partial charge < -0.3 is 45.4 Å². The van der Waals surface area contributed by atoms with E-state index in [0.29, 0.717) is 38.4 Å². The van der Waals surface area contributed by atoms with Crippen LogP contribution in [-0.2, 0) is 41.0 Å². The molecule has 9 N–H and O–H groups in total. The van der Waals surface area contributed by atoms with Gasteiger partial charge in [0.1, 0.15) is 17.9 Å². The molecule has 1 aliphatic rings. The van der Waals surface area contributed by atoms with E-state index in [-0.39, 0.29) is 76.7 Å². The van der Waals surface area contributed by atoms with Crippen LogP contribution in [-0.4, -0.2) is 180 Å². The van der Waals surface area contributed by atoms with E-state index < -0.39 is 58.1 Å². The number of carboxylic acids is 3. The van der Waals surface area contributed by atoms with Crippen LogP contribution in [0.15, 0.2) is 22.1 Å². The Labute approximate surface area is 298 Å². The van der Waals surface area contributed by atoms with E-state index in [4.69, 9.17) is 14.7 Å². The summed E-state index contributed by atoms with van der Waals surface area (Å²) in [4.78, 5) is 97.3. The molecule has 0 radical (unpaired) electrons. The Hall–Kier alpha value is -3.57. The molecule has 1 saturated heterocycles. The van der Waals surface area contributed by atoms with E-state index in [9.17, 15) is 49.0 Å². The smallest absolute Gasteiger partial charge is 0.480 e. The second kappa shape index (κ2) is 20.6. The molecule has 2 unspecified atom stereocenters. The number of hydrogen-bond donors (Lipinski definition) is 9. The minimum atomic E-state index is -3.37. The molecular formula is C27H43N8O15P2+. The highest BCUT2D eigenvalue weighted by Gasteiger charge is 2.43. The van der Waals surface area contributed by atoms with Gasteiger partial charge in [0.15, 0.2) is 0 Å². The number of hydrogen-bond acceptors (Lipinski definition) is 18. The van der Waals surface area contributed by atoms with Crippen LogP contribution in [0.1, 0.15) is 5.69 Å². The molecule has 0 bridgehead atoms. The molecule has 0 amide bonds. The molecule has 23 nitrogen and oxygen atoms in total. The van der Waals surface area contributed by atoms with Crippen LogP contribution in [0, 0.1) is 0 Å². The zero-order valence-corrected chi connectivity index (χ0v) is 29.7. The Bertz CT molecular complexity index is 1560. The summed E-state index contributed by atoms with van der Waals surface area (Å²) in [5.41, 5.74) is -0.893. The average molecular weight is 782 g/mol. The third kappa shape index (κ3) is 14.8. The Kier molecular flexibility index (Phi) is 17.0. The number of rotatable bonds is 20. The van der Waals surface area contributed by atoms with Gasteiger partial charge in [-0.1, -0.05) is 0 Å². The minimum Gasteiger partial charge on any atom is -0.480 e. The number of nitrogens with zero attached hydrogens (tertiary/aromatic N) is 6. The molecular weight excluding hydrogens is 738 g/mol. The normalized spacial score (nSPS) is 17.7. The Balaban J connectivity index is 1.59.